The molecule has 0 amide bonds. The average molecular weight is 572 g/mol. The summed E-state index contributed by atoms with van der Waals surface area (Å²) < 4.78 is 29.3. The lowest BCUT2D eigenvalue weighted by Gasteiger charge is -2.36. The van der Waals surface area contributed by atoms with Crippen molar-refractivity contribution in [2.75, 3.05) is 63.5 Å². The van der Waals surface area contributed by atoms with E-state index < -0.39 is 10.0 Å². The number of aromatic nitrogens is 2. The minimum absolute atomic E-state index is 0. The number of piperazine rings is 1. The third-order valence-electron chi connectivity index (χ3n) is 5.50. The second-order valence-electron chi connectivity index (χ2n) is 7.62. The van der Waals surface area contributed by atoms with E-state index in [0.29, 0.717) is 19.0 Å². The van der Waals surface area contributed by atoms with E-state index in [1.165, 1.54) is 17.8 Å². The molecule has 0 saturated carbocycles. The van der Waals surface area contributed by atoms with Crippen molar-refractivity contribution in [1.29, 1.82) is 0 Å². The van der Waals surface area contributed by atoms with Crippen LogP contribution in [0.4, 0.5) is 5.13 Å². The van der Waals surface area contributed by atoms with Gasteiger partial charge in [0.15, 0.2) is 5.96 Å². The lowest BCUT2D eigenvalue weighted by molar-refractivity contribution is 0.279. The van der Waals surface area contributed by atoms with Gasteiger partial charge in [0.05, 0.1) is 6.26 Å². The molecule has 0 unspecified atom stereocenters. The van der Waals surface area contributed by atoms with Crippen molar-refractivity contribution in [1.82, 2.24) is 23.9 Å². The number of piperidine rings is 1. The number of sulfonamides is 1. The predicted octanol–water partition coefficient (Wildman–Crippen LogP) is 1.48. The van der Waals surface area contributed by atoms with E-state index in [1.807, 2.05) is 0 Å². The zero-order chi connectivity index (χ0) is 20.9. The Labute approximate surface area is 201 Å². The minimum atomic E-state index is -3.07. The van der Waals surface area contributed by atoms with Crippen LogP contribution >= 0.6 is 35.5 Å². The molecular formula is C18H34IN7O2S2. The van der Waals surface area contributed by atoms with Gasteiger partial charge in [-0.15, -0.1) is 24.0 Å². The van der Waals surface area contributed by atoms with Crippen LogP contribution in [-0.4, -0.2) is 91.6 Å². The molecule has 0 radical (unpaired) electrons. The van der Waals surface area contributed by atoms with Gasteiger partial charge in [-0.1, -0.05) is 6.92 Å². The van der Waals surface area contributed by atoms with Crippen LogP contribution < -0.4 is 10.2 Å². The highest BCUT2D eigenvalue weighted by molar-refractivity contribution is 14.0. The Morgan fingerprint density at radius 1 is 1.17 bits per heavy atom. The second-order valence-corrected chi connectivity index (χ2v) is 10.3. The fourth-order valence-corrected chi connectivity index (χ4v) is 5.37. The zero-order valence-electron chi connectivity index (χ0n) is 18.1. The summed E-state index contributed by atoms with van der Waals surface area (Å²) in [7, 11) is -3.07. The Hall–Kier alpha value is -0.730. The molecule has 30 heavy (non-hydrogen) atoms. The highest BCUT2D eigenvalue weighted by atomic mass is 127. The molecule has 2 aliphatic heterocycles. The van der Waals surface area contributed by atoms with Crippen molar-refractivity contribution >= 4 is 56.6 Å². The lowest BCUT2D eigenvalue weighted by atomic mass is 9.98. The van der Waals surface area contributed by atoms with Crippen LogP contribution in [0.2, 0.25) is 0 Å². The highest BCUT2D eigenvalue weighted by Crippen LogP contribution is 2.21. The number of hydrogen-bond donors (Lipinski definition) is 1. The molecule has 3 heterocycles. The van der Waals surface area contributed by atoms with Gasteiger partial charge in [-0.3, -0.25) is 4.99 Å². The van der Waals surface area contributed by atoms with Crippen LogP contribution in [-0.2, 0) is 16.4 Å². The lowest BCUT2D eigenvalue weighted by Crippen LogP contribution is -2.52. The molecule has 2 saturated heterocycles. The van der Waals surface area contributed by atoms with E-state index in [2.05, 4.69) is 38.3 Å². The number of aryl methyl sites for hydroxylation is 1. The maximum Gasteiger partial charge on any atom is 0.211 e. The third kappa shape index (κ3) is 6.89. The minimum Gasteiger partial charge on any atom is -0.357 e. The number of nitrogens with zero attached hydrogens (tertiary/aromatic N) is 6. The van der Waals surface area contributed by atoms with E-state index >= 15 is 0 Å². The summed E-state index contributed by atoms with van der Waals surface area (Å²) in [6.45, 7) is 10.6. The molecule has 0 atom stereocenters. The zero-order valence-corrected chi connectivity index (χ0v) is 22.0. The molecule has 1 N–H and O–H groups in total. The molecule has 9 nitrogen and oxygen atoms in total. The molecule has 172 valence electrons. The summed E-state index contributed by atoms with van der Waals surface area (Å²) >= 11 is 1.49. The van der Waals surface area contributed by atoms with Crippen LogP contribution in [0.1, 0.15) is 32.5 Å². The Morgan fingerprint density at radius 2 is 1.83 bits per heavy atom. The van der Waals surface area contributed by atoms with Gasteiger partial charge < -0.3 is 15.1 Å². The molecule has 0 bridgehead atoms. The van der Waals surface area contributed by atoms with Crippen molar-refractivity contribution in [3.05, 3.63) is 5.82 Å². The van der Waals surface area contributed by atoms with Crippen molar-refractivity contribution in [2.24, 2.45) is 10.9 Å². The number of hydrogen-bond acceptors (Lipinski definition) is 7. The van der Waals surface area contributed by atoms with Crippen LogP contribution in [0, 0.1) is 5.92 Å². The quantitative estimate of drug-likeness (QED) is 0.314. The highest BCUT2D eigenvalue weighted by Gasteiger charge is 2.26. The largest absolute Gasteiger partial charge is 0.357 e. The van der Waals surface area contributed by atoms with E-state index in [1.54, 1.807) is 4.31 Å². The Morgan fingerprint density at radius 3 is 2.37 bits per heavy atom. The first-order chi connectivity index (χ1) is 13.9. The van der Waals surface area contributed by atoms with Crippen LogP contribution in [0.25, 0.3) is 0 Å². The van der Waals surface area contributed by atoms with Crippen molar-refractivity contribution < 1.29 is 8.42 Å². The molecule has 2 fully saturated rings. The number of rotatable bonds is 6. The maximum atomic E-state index is 11.7. The van der Waals surface area contributed by atoms with Gasteiger partial charge in [-0.25, -0.2) is 17.7 Å². The van der Waals surface area contributed by atoms with Gasteiger partial charge in [0.2, 0.25) is 15.2 Å². The Kier molecular flexibility index (Phi) is 10.0. The molecular weight excluding hydrogens is 537 g/mol. The molecule has 12 heteroatoms. The monoisotopic (exact) mass is 571 g/mol. The smallest absolute Gasteiger partial charge is 0.211 e. The first-order valence-electron chi connectivity index (χ1n) is 10.5. The summed E-state index contributed by atoms with van der Waals surface area (Å²) in [4.78, 5) is 14.1. The molecule has 0 spiro atoms. The van der Waals surface area contributed by atoms with E-state index in [-0.39, 0.29) is 24.0 Å². The van der Waals surface area contributed by atoms with Crippen LogP contribution in [0.15, 0.2) is 4.99 Å². The molecule has 0 aromatic carbocycles. The maximum absolute atomic E-state index is 11.7. The van der Waals surface area contributed by atoms with Gasteiger partial charge in [-0.2, -0.15) is 4.37 Å². The van der Waals surface area contributed by atoms with Crippen LogP contribution in [0.5, 0.6) is 0 Å². The number of guanidine groups is 1. The summed E-state index contributed by atoms with van der Waals surface area (Å²) in [5.74, 6) is 2.32. The number of anilines is 1. The summed E-state index contributed by atoms with van der Waals surface area (Å²) in [5.41, 5.74) is 0. The molecule has 1 aromatic heterocycles. The fraction of sp³-hybridized carbons (Fsp3) is 0.833. The van der Waals surface area contributed by atoms with Gasteiger partial charge in [-0.05, 0) is 25.7 Å². The summed E-state index contributed by atoms with van der Waals surface area (Å²) in [6.07, 6.45) is 3.91. The molecule has 1 aromatic rings. The van der Waals surface area contributed by atoms with E-state index in [9.17, 15) is 8.42 Å². The van der Waals surface area contributed by atoms with Crippen molar-refractivity contribution in [2.45, 2.75) is 33.1 Å². The average Bonchev–Trinajstić information content (AvgIpc) is 3.20. The van der Waals surface area contributed by atoms with Gasteiger partial charge in [0.25, 0.3) is 0 Å². The molecule has 0 aliphatic carbocycles. The molecule has 2 aliphatic rings. The van der Waals surface area contributed by atoms with Crippen molar-refractivity contribution in [3.8, 4) is 0 Å². The second kappa shape index (κ2) is 11.8. The van der Waals surface area contributed by atoms with Crippen LogP contribution in [0.3, 0.4) is 0 Å². The first kappa shape index (κ1) is 25.5. The number of halogens is 1. The van der Waals surface area contributed by atoms with Gasteiger partial charge in [0, 0.05) is 70.3 Å². The van der Waals surface area contributed by atoms with Crippen molar-refractivity contribution in [3.63, 3.8) is 0 Å². The third-order valence-corrected chi connectivity index (χ3v) is 7.62. The summed E-state index contributed by atoms with van der Waals surface area (Å²) in [5, 5.41) is 4.43. The van der Waals surface area contributed by atoms with Gasteiger partial charge in [0.1, 0.15) is 5.82 Å². The summed E-state index contributed by atoms with van der Waals surface area (Å²) in [6, 6.07) is 0. The first-order valence-corrected chi connectivity index (χ1v) is 13.1. The predicted molar refractivity (Wildman–Crippen MR) is 134 cm³/mol. The SMILES string of the molecule is CCNC(=NCC1CCN(S(C)(=O)=O)CC1)N1CCN(c2nc(CC)ns2)CC1.I. The van der Waals surface area contributed by atoms with Gasteiger partial charge >= 0.3 is 0 Å². The van der Waals surface area contributed by atoms with E-state index in [4.69, 9.17) is 4.99 Å². The van der Waals surface area contributed by atoms with E-state index in [0.717, 1.165) is 75.4 Å². The number of nitrogens with one attached hydrogen (secondary N) is 1. The topological polar surface area (TPSA) is 94.0 Å². The Balaban J connectivity index is 0.00000320. The fourth-order valence-electron chi connectivity index (χ4n) is 3.69. The number of aliphatic imine (C=N–C) groups is 1. The Bertz CT molecular complexity index is 786. The normalized spacial score (nSPS) is 19.6. The molecule has 3 rings (SSSR count). The standard InChI is InChI=1S/C18H33N7O2S2.HI/c1-4-16-21-18(28-22-16)24-12-10-23(11-13-24)17(19-5-2)20-14-15-6-8-25(9-7-15)29(3,26)27;/h15H,4-14H2,1-3H3,(H,19,20);1H.